The van der Waals surface area contributed by atoms with E-state index in [2.05, 4.69) is 5.32 Å². The van der Waals surface area contributed by atoms with E-state index in [9.17, 15) is 4.79 Å². The van der Waals surface area contributed by atoms with Gasteiger partial charge in [0.05, 0.1) is 0 Å². The van der Waals surface area contributed by atoms with E-state index in [4.69, 9.17) is 11.6 Å². The zero-order valence-corrected chi connectivity index (χ0v) is 7.03. The summed E-state index contributed by atoms with van der Waals surface area (Å²) in [5.41, 5.74) is 0.0697. The van der Waals surface area contributed by atoms with Gasteiger partial charge in [-0.2, -0.15) is 0 Å². The fourth-order valence-corrected chi connectivity index (χ4v) is 0.764. The van der Waals surface area contributed by atoms with Crippen LogP contribution in [-0.2, 0) is 4.79 Å². The van der Waals surface area contributed by atoms with E-state index in [0.29, 0.717) is 0 Å². The average molecular weight is 162 g/mol. The number of hydrogen-bond donors (Lipinski definition) is 1. The third kappa shape index (κ3) is 1.87. The van der Waals surface area contributed by atoms with E-state index in [1.807, 2.05) is 6.92 Å². The third-order valence-electron chi connectivity index (χ3n) is 1.79. The summed E-state index contributed by atoms with van der Waals surface area (Å²) in [6.07, 6.45) is 2.17. The summed E-state index contributed by atoms with van der Waals surface area (Å²) in [6.45, 7) is 3.72. The molecular weight excluding hydrogens is 150 g/mol. The molecule has 1 atom stereocenters. The number of nitrogens with one attached hydrogen (secondary N) is 1. The molecule has 10 heavy (non-hydrogen) atoms. The minimum Gasteiger partial charge on any atom is -0.350 e. The molecule has 1 fully saturated rings. The molecule has 0 heterocycles. The monoisotopic (exact) mass is 161 g/mol. The number of halogens is 1. The molecule has 58 valence electrons. The van der Waals surface area contributed by atoms with Crippen LogP contribution in [0, 0.1) is 0 Å². The van der Waals surface area contributed by atoms with Crippen molar-refractivity contribution in [2.45, 2.75) is 37.6 Å². The fourth-order valence-electron chi connectivity index (χ4n) is 0.709. The van der Waals surface area contributed by atoms with Gasteiger partial charge in [0, 0.05) is 5.54 Å². The second-order valence-electron chi connectivity index (χ2n) is 3.17. The highest BCUT2D eigenvalue weighted by Crippen LogP contribution is 2.34. The van der Waals surface area contributed by atoms with Gasteiger partial charge in [-0.3, -0.25) is 4.79 Å². The fraction of sp³-hybridized carbons (Fsp3) is 0.857. The minimum atomic E-state index is -0.405. The van der Waals surface area contributed by atoms with Crippen molar-refractivity contribution in [3.05, 3.63) is 0 Å². The van der Waals surface area contributed by atoms with Crippen molar-refractivity contribution in [3.8, 4) is 0 Å². The van der Waals surface area contributed by atoms with Crippen molar-refractivity contribution >= 4 is 17.5 Å². The number of hydrogen-bond acceptors (Lipinski definition) is 1. The molecule has 1 aliphatic rings. The smallest absolute Gasteiger partial charge is 0.238 e. The Labute approximate surface area is 65.9 Å². The van der Waals surface area contributed by atoms with E-state index in [1.54, 1.807) is 6.92 Å². The van der Waals surface area contributed by atoms with E-state index in [-0.39, 0.29) is 11.4 Å². The Balaban J connectivity index is 2.31. The maximum absolute atomic E-state index is 11.0. The first kappa shape index (κ1) is 7.86. The topological polar surface area (TPSA) is 29.1 Å². The molecule has 0 aromatic carbocycles. The molecule has 1 saturated carbocycles. The van der Waals surface area contributed by atoms with Crippen LogP contribution in [0.4, 0.5) is 0 Å². The minimum absolute atomic E-state index is 0.0540. The van der Waals surface area contributed by atoms with Crippen LogP contribution in [0.2, 0.25) is 0 Å². The molecule has 1 amide bonds. The number of carbonyl (C=O) groups excluding carboxylic acids is 1. The van der Waals surface area contributed by atoms with Gasteiger partial charge in [0.15, 0.2) is 0 Å². The summed E-state index contributed by atoms with van der Waals surface area (Å²) in [5.74, 6) is -0.0540. The first-order valence-corrected chi connectivity index (χ1v) is 3.93. The predicted octanol–water partition coefficient (Wildman–Crippen LogP) is 1.28. The van der Waals surface area contributed by atoms with Crippen molar-refractivity contribution in [2.24, 2.45) is 0 Å². The molecule has 1 unspecified atom stereocenters. The van der Waals surface area contributed by atoms with Crippen LogP contribution < -0.4 is 5.32 Å². The lowest BCUT2D eigenvalue weighted by atomic mass is 10.3. The van der Waals surface area contributed by atoms with Crippen molar-refractivity contribution in [2.75, 3.05) is 0 Å². The van der Waals surface area contributed by atoms with Gasteiger partial charge in [-0.1, -0.05) is 0 Å². The molecule has 1 N–H and O–H groups in total. The van der Waals surface area contributed by atoms with Gasteiger partial charge in [0.2, 0.25) is 5.91 Å². The highest BCUT2D eigenvalue weighted by atomic mass is 35.5. The molecule has 1 aliphatic carbocycles. The first-order valence-electron chi connectivity index (χ1n) is 3.50. The van der Waals surface area contributed by atoms with E-state index in [1.165, 1.54) is 0 Å². The molecule has 0 saturated heterocycles. The van der Waals surface area contributed by atoms with Crippen LogP contribution in [0.15, 0.2) is 0 Å². The summed E-state index contributed by atoms with van der Waals surface area (Å²) >= 11 is 5.55. The van der Waals surface area contributed by atoms with Crippen LogP contribution in [0.3, 0.4) is 0 Å². The third-order valence-corrected chi connectivity index (χ3v) is 1.98. The molecule has 0 spiro atoms. The molecule has 0 aromatic rings. The largest absolute Gasteiger partial charge is 0.350 e. The van der Waals surface area contributed by atoms with Crippen molar-refractivity contribution in [1.82, 2.24) is 5.32 Å². The van der Waals surface area contributed by atoms with Gasteiger partial charge in [-0.15, -0.1) is 11.6 Å². The predicted molar refractivity (Wildman–Crippen MR) is 41.1 cm³/mol. The molecular formula is C7H12ClNO. The van der Waals surface area contributed by atoms with Gasteiger partial charge in [0.25, 0.3) is 0 Å². The van der Waals surface area contributed by atoms with E-state index >= 15 is 0 Å². The highest BCUT2D eigenvalue weighted by Gasteiger charge is 2.39. The summed E-state index contributed by atoms with van der Waals surface area (Å²) < 4.78 is 0. The number of carbonyl (C=O) groups is 1. The Hall–Kier alpha value is -0.240. The lowest BCUT2D eigenvalue weighted by Crippen LogP contribution is -2.38. The summed E-state index contributed by atoms with van der Waals surface area (Å²) in [6, 6.07) is 0. The van der Waals surface area contributed by atoms with Crippen LogP contribution in [-0.4, -0.2) is 16.8 Å². The second-order valence-corrected chi connectivity index (χ2v) is 3.82. The SMILES string of the molecule is CC(Cl)C(=O)NC1(C)CC1. The van der Waals surface area contributed by atoms with E-state index < -0.39 is 5.38 Å². The standard InChI is InChI=1S/C7H12ClNO/c1-5(8)6(10)9-7(2)3-4-7/h5H,3-4H2,1-2H3,(H,9,10). The van der Waals surface area contributed by atoms with Gasteiger partial charge in [-0.25, -0.2) is 0 Å². The molecule has 3 heteroatoms. The average Bonchev–Trinajstić information content (AvgIpc) is 2.47. The molecule has 0 aliphatic heterocycles. The molecule has 0 radical (unpaired) electrons. The zero-order chi connectivity index (χ0) is 7.78. The van der Waals surface area contributed by atoms with Gasteiger partial charge >= 0.3 is 0 Å². The van der Waals surface area contributed by atoms with Crippen molar-refractivity contribution in [1.29, 1.82) is 0 Å². The lowest BCUT2D eigenvalue weighted by Gasteiger charge is -2.11. The number of amides is 1. The summed E-state index contributed by atoms with van der Waals surface area (Å²) in [7, 11) is 0. The Morgan fingerprint density at radius 3 is 2.50 bits per heavy atom. The van der Waals surface area contributed by atoms with Crippen molar-refractivity contribution < 1.29 is 4.79 Å². The van der Waals surface area contributed by atoms with Gasteiger partial charge in [-0.05, 0) is 26.7 Å². The Bertz CT molecular complexity index is 152. The summed E-state index contributed by atoms with van der Waals surface area (Å²) in [4.78, 5) is 11.0. The molecule has 0 bridgehead atoms. The maximum atomic E-state index is 11.0. The Kier molecular flexibility index (Phi) is 1.90. The molecule has 0 aromatic heterocycles. The molecule has 2 nitrogen and oxygen atoms in total. The Morgan fingerprint density at radius 1 is 1.70 bits per heavy atom. The van der Waals surface area contributed by atoms with Gasteiger partial charge in [0.1, 0.15) is 5.38 Å². The number of alkyl halides is 1. The second kappa shape index (κ2) is 2.42. The van der Waals surface area contributed by atoms with Crippen LogP contribution in [0.5, 0.6) is 0 Å². The maximum Gasteiger partial charge on any atom is 0.238 e. The molecule has 1 rings (SSSR count). The van der Waals surface area contributed by atoms with Crippen molar-refractivity contribution in [3.63, 3.8) is 0 Å². The zero-order valence-electron chi connectivity index (χ0n) is 6.28. The quantitative estimate of drug-likeness (QED) is 0.608. The first-order chi connectivity index (χ1) is 4.53. The lowest BCUT2D eigenvalue weighted by molar-refractivity contribution is -0.121. The van der Waals surface area contributed by atoms with Crippen LogP contribution in [0.1, 0.15) is 26.7 Å². The summed E-state index contributed by atoms with van der Waals surface area (Å²) in [5, 5.41) is 2.45. The van der Waals surface area contributed by atoms with Crippen LogP contribution in [0.25, 0.3) is 0 Å². The highest BCUT2D eigenvalue weighted by molar-refractivity contribution is 6.30. The Morgan fingerprint density at radius 2 is 2.20 bits per heavy atom. The normalized spacial score (nSPS) is 23.5. The van der Waals surface area contributed by atoms with E-state index in [0.717, 1.165) is 12.8 Å². The number of rotatable bonds is 2. The van der Waals surface area contributed by atoms with Crippen LogP contribution >= 0.6 is 11.6 Å². The van der Waals surface area contributed by atoms with Gasteiger partial charge < -0.3 is 5.32 Å².